The molecule has 0 aliphatic heterocycles. The number of nitrogens with two attached hydrogens (primary N) is 1. The van der Waals surface area contributed by atoms with E-state index in [4.69, 9.17) is 5.73 Å². The van der Waals surface area contributed by atoms with E-state index in [1.165, 1.54) is 0 Å². The van der Waals surface area contributed by atoms with Crippen molar-refractivity contribution in [3.8, 4) is 0 Å². The first-order chi connectivity index (χ1) is 8.86. The van der Waals surface area contributed by atoms with Crippen LogP contribution in [0.25, 0.3) is 0 Å². The van der Waals surface area contributed by atoms with E-state index in [1.807, 2.05) is 19.1 Å². The maximum absolute atomic E-state index is 11.9. The van der Waals surface area contributed by atoms with Crippen LogP contribution < -0.4 is 16.4 Å². The van der Waals surface area contributed by atoms with Crippen LogP contribution >= 0.6 is 0 Å². The first-order valence-electron chi connectivity index (χ1n) is 6.29. The molecule has 0 saturated heterocycles. The van der Waals surface area contributed by atoms with Crippen molar-refractivity contribution < 1.29 is 9.59 Å². The molecule has 0 fully saturated rings. The third-order valence-corrected chi connectivity index (χ3v) is 2.89. The zero-order chi connectivity index (χ0) is 14.5. The van der Waals surface area contributed by atoms with Gasteiger partial charge in [-0.2, -0.15) is 0 Å². The summed E-state index contributed by atoms with van der Waals surface area (Å²) in [6, 6.07) is 7.17. The largest absolute Gasteiger partial charge is 0.385 e. The van der Waals surface area contributed by atoms with E-state index >= 15 is 0 Å². The molecule has 0 saturated carbocycles. The van der Waals surface area contributed by atoms with E-state index in [0.717, 1.165) is 12.2 Å². The molecule has 0 aliphatic rings. The van der Waals surface area contributed by atoms with Crippen LogP contribution in [0.3, 0.4) is 0 Å². The molecule has 0 unspecified atom stereocenters. The van der Waals surface area contributed by atoms with Crippen LogP contribution in [0, 0.1) is 5.41 Å². The monoisotopic (exact) mass is 263 g/mol. The van der Waals surface area contributed by atoms with Gasteiger partial charge in [0.2, 0.25) is 5.91 Å². The molecular weight excluding hydrogens is 242 g/mol. The number of hydrogen-bond acceptors (Lipinski definition) is 3. The first kappa shape index (κ1) is 15.0. The summed E-state index contributed by atoms with van der Waals surface area (Å²) in [5.41, 5.74) is 6.03. The number of nitrogens with one attached hydrogen (secondary N) is 2. The molecular formula is C14H21N3O2. The highest BCUT2D eigenvalue weighted by Gasteiger charge is 2.25. The lowest BCUT2D eigenvalue weighted by atomic mass is 9.92. The van der Waals surface area contributed by atoms with Crippen LogP contribution in [0.4, 0.5) is 5.69 Å². The van der Waals surface area contributed by atoms with Crippen LogP contribution in [0.2, 0.25) is 0 Å². The summed E-state index contributed by atoms with van der Waals surface area (Å²) in [5.74, 6) is -0.646. The van der Waals surface area contributed by atoms with Gasteiger partial charge in [0, 0.05) is 24.3 Å². The number of anilines is 1. The lowest BCUT2D eigenvalue weighted by molar-refractivity contribution is -0.125. The molecule has 0 bridgehead atoms. The number of primary amides is 1. The SMILES string of the molecule is CCNc1ccc(C(=O)NCC(C)(C)C(N)=O)cc1. The Hall–Kier alpha value is -2.04. The molecule has 4 N–H and O–H groups in total. The highest BCUT2D eigenvalue weighted by molar-refractivity contribution is 5.95. The van der Waals surface area contributed by atoms with Gasteiger partial charge in [-0.15, -0.1) is 0 Å². The average molecular weight is 263 g/mol. The van der Waals surface area contributed by atoms with Crippen molar-refractivity contribution in [3.05, 3.63) is 29.8 Å². The fourth-order valence-corrected chi connectivity index (χ4v) is 1.43. The van der Waals surface area contributed by atoms with E-state index in [2.05, 4.69) is 10.6 Å². The number of carbonyl (C=O) groups excluding carboxylic acids is 2. The maximum atomic E-state index is 11.9. The first-order valence-corrected chi connectivity index (χ1v) is 6.29. The predicted molar refractivity (Wildman–Crippen MR) is 75.9 cm³/mol. The Labute approximate surface area is 113 Å². The zero-order valence-electron chi connectivity index (χ0n) is 11.6. The van der Waals surface area contributed by atoms with Crippen molar-refractivity contribution in [3.63, 3.8) is 0 Å². The minimum absolute atomic E-state index is 0.211. The van der Waals surface area contributed by atoms with Crippen molar-refractivity contribution in [2.45, 2.75) is 20.8 Å². The fraction of sp³-hybridized carbons (Fsp3) is 0.429. The molecule has 0 atom stereocenters. The van der Waals surface area contributed by atoms with Gasteiger partial charge in [0.25, 0.3) is 5.91 Å². The molecule has 5 heteroatoms. The number of carbonyl (C=O) groups is 2. The van der Waals surface area contributed by atoms with Gasteiger partial charge in [-0.05, 0) is 45.0 Å². The predicted octanol–water partition coefficient (Wildman–Crippen LogP) is 1.36. The summed E-state index contributed by atoms with van der Waals surface area (Å²) in [4.78, 5) is 23.0. The van der Waals surface area contributed by atoms with Gasteiger partial charge in [-0.1, -0.05) is 0 Å². The number of benzene rings is 1. The van der Waals surface area contributed by atoms with Crippen LogP contribution in [-0.4, -0.2) is 24.9 Å². The highest BCUT2D eigenvalue weighted by atomic mass is 16.2. The molecule has 1 aromatic carbocycles. The summed E-state index contributed by atoms with van der Waals surface area (Å²) in [6.07, 6.45) is 0. The summed E-state index contributed by atoms with van der Waals surface area (Å²) in [6.45, 7) is 6.45. The molecule has 0 spiro atoms. The molecule has 0 radical (unpaired) electrons. The minimum atomic E-state index is -0.751. The second-order valence-corrected chi connectivity index (χ2v) is 5.04. The smallest absolute Gasteiger partial charge is 0.251 e. The van der Waals surface area contributed by atoms with Crippen LogP contribution in [0.15, 0.2) is 24.3 Å². The summed E-state index contributed by atoms with van der Waals surface area (Å²) >= 11 is 0. The van der Waals surface area contributed by atoms with Gasteiger partial charge in [-0.3, -0.25) is 9.59 Å². The Balaban J connectivity index is 2.61. The second-order valence-electron chi connectivity index (χ2n) is 5.04. The van der Waals surface area contributed by atoms with Gasteiger partial charge < -0.3 is 16.4 Å². The third kappa shape index (κ3) is 4.28. The van der Waals surface area contributed by atoms with Crippen molar-refractivity contribution >= 4 is 17.5 Å². The second kappa shape index (κ2) is 6.22. The van der Waals surface area contributed by atoms with Gasteiger partial charge in [0.05, 0.1) is 5.41 Å². The van der Waals surface area contributed by atoms with Gasteiger partial charge in [-0.25, -0.2) is 0 Å². The van der Waals surface area contributed by atoms with Gasteiger partial charge in [0.15, 0.2) is 0 Å². The van der Waals surface area contributed by atoms with E-state index in [0.29, 0.717) is 5.56 Å². The minimum Gasteiger partial charge on any atom is -0.385 e. The number of hydrogen-bond donors (Lipinski definition) is 3. The quantitative estimate of drug-likeness (QED) is 0.724. The van der Waals surface area contributed by atoms with E-state index in [9.17, 15) is 9.59 Å². The van der Waals surface area contributed by atoms with Crippen molar-refractivity contribution in [2.75, 3.05) is 18.4 Å². The fourth-order valence-electron chi connectivity index (χ4n) is 1.43. The molecule has 2 amide bonds. The highest BCUT2D eigenvalue weighted by Crippen LogP contribution is 2.13. The van der Waals surface area contributed by atoms with Crippen LogP contribution in [-0.2, 0) is 4.79 Å². The van der Waals surface area contributed by atoms with Crippen molar-refractivity contribution in [1.29, 1.82) is 0 Å². The summed E-state index contributed by atoms with van der Waals surface area (Å²) in [5, 5.41) is 5.86. The van der Waals surface area contributed by atoms with Gasteiger partial charge in [0.1, 0.15) is 0 Å². The Kier molecular flexibility index (Phi) is 4.92. The van der Waals surface area contributed by atoms with Crippen LogP contribution in [0.5, 0.6) is 0 Å². The Morgan fingerprint density at radius 3 is 2.26 bits per heavy atom. The zero-order valence-corrected chi connectivity index (χ0v) is 11.6. The molecule has 0 heterocycles. The maximum Gasteiger partial charge on any atom is 0.251 e. The molecule has 5 nitrogen and oxygen atoms in total. The molecule has 0 aliphatic carbocycles. The van der Waals surface area contributed by atoms with E-state index in [-0.39, 0.29) is 12.5 Å². The standard InChI is InChI=1S/C14H21N3O2/c1-4-16-11-7-5-10(6-8-11)12(18)17-9-14(2,3)13(15)19/h5-8,16H,4,9H2,1-3H3,(H2,15,19)(H,17,18). The lowest BCUT2D eigenvalue weighted by Gasteiger charge is -2.20. The third-order valence-electron chi connectivity index (χ3n) is 2.89. The number of amides is 2. The normalized spacial score (nSPS) is 10.9. The Morgan fingerprint density at radius 1 is 1.21 bits per heavy atom. The van der Waals surface area contributed by atoms with Gasteiger partial charge >= 0.3 is 0 Å². The van der Waals surface area contributed by atoms with Crippen LogP contribution in [0.1, 0.15) is 31.1 Å². The molecule has 19 heavy (non-hydrogen) atoms. The van der Waals surface area contributed by atoms with Crippen molar-refractivity contribution in [2.24, 2.45) is 11.1 Å². The van der Waals surface area contributed by atoms with Crippen molar-refractivity contribution in [1.82, 2.24) is 5.32 Å². The molecule has 0 aromatic heterocycles. The topological polar surface area (TPSA) is 84.2 Å². The molecule has 104 valence electrons. The lowest BCUT2D eigenvalue weighted by Crippen LogP contribution is -2.42. The molecule has 1 aromatic rings. The Bertz CT molecular complexity index is 452. The summed E-state index contributed by atoms with van der Waals surface area (Å²) < 4.78 is 0. The van der Waals surface area contributed by atoms with E-state index < -0.39 is 11.3 Å². The number of rotatable bonds is 6. The summed E-state index contributed by atoms with van der Waals surface area (Å²) in [7, 11) is 0. The van der Waals surface area contributed by atoms with E-state index in [1.54, 1.807) is 26.0 Å². The Morgan fingerprint density at radius 2 is 1.79 bits per heavy atom. The average Bonchev–Trinajstić information content (AvgIpc) is 2.37. The molecule has 1 rings (SSSR count).